The van der Waals surface area contributed by atoms with Gasteiger partial charge in [0.2, 0.25) is 0 Å². The third kappa shape index (κ3) is 8.72. The van der Waals surface area contributed by atoms with E-state index in [4.69, 9.17) is 18.9 Å². The molecule has 0 aromatic heterocycles. The molecule has 1 aliphatic heterocycles. The molecule has 0 spiro atoms. The van der Waals surface area contributed by atoms with E-state index in [2.05, 4.69) is 55.5 Å². The van der Waals surface area contributed by atoms with Gasteiger partial charge in [-0.2, -0.15) is 0 Å². The monoisotopic (exact) mass is 630 g/mol. The number of alkyl halides is 2. The molecule has 1 aliphatic rings. The van der Waals surface area contributed by atoms with Gasteiger partial charge in [-0.25, -0.2) is 9.59 Å². The summed E-state index contributed by atoms with van der Waals surface area (Å²) in [6.07, 6.45) is -2.67. The first-order chi connectivity index (χ1) is 17.8. The van der Waals surface area contributed by atoms with Crippen molar-refractivity contribution < 1.29 is 28.5 Å². The second-order valence-electron chi connectivity index (χ2n) is 8.57. The quantitative estimate of drug-likeness (QED) is 0.217. The van der Waals surface area contributed by atoms with Gasteiger partial charge >= 0.3 is 11.9 Å². The van der Waals surface area contributed by atoms with Crippen LogP contribution >= 0.6 is 31.9 Å². The van der Waals surface area contributed by atoms with Crippen LogP contribution in [0.4, 0.5) is 0 Å². The Kier molecular flexibility index (Phi) is 11.2. The Morgan fingerprint density at radius 1 is 0.757 bits per heavy atom. The van der Waals surface area contributed by atoms with E-state index in [1.54, 1.807) is 62.4 Å². The van der Waals surface area contributed by atoms with Crippen molar-refractivity contribution in [3.63, 3.8) is 0 Å². The Morgan fingerprint density at radius 3 is 1.49 bits per heavy atom. The second kappa shape index (κ2) is 14.4. The normalized spacial score (nSPS) is 19.4. The highest BCUT2D eigenvalue weighted by atomic mass is 79.9. The predicted molar refractivity (Wildman–Crippen MR) is 147 cm³/mol. The van der Waals surface area contributed by atoms with E-state index < -0.39 is 42.1 Å². The van der Waals surface area contributed by atoms with Crippen molar-refractivity contribution in [2.75, 3.05) is 10.7 Å². The van der Waals surface area contributed by atoms with Crippen molar-refractivity contribution in [1.82, 2.24) is 0 Å². The van der Waals surface area contributed by atoms with Crippen molar-refractivity contribution in [3.05, 3.63) is 71.8 Å². The molecule has 1 heterocycles. The van der Waals surface area contributed by atoms with E-state index in [1.165, 1.54) is 0 Å². The molecule has 0 aliphatic carbocycles. The maximum Gasteiger partial charge on any atom is 0.338 e. The second-order valence-corrected chi connectivity index (χ2v) is 9.69. The van der Waals surface area contributed by atoms with Crippen LogP contribution in [0.25, 0.3) is 0 Å². The number of carbonyl (C=O) groups is 2. The average molecular weight is 632 g/mol. The third-order valence-corrected chi connectivity index (χ3v) is 5.98. The summed E-state index contributed by atoms with van der Waals surface area (Å²) in [5, 5.41) is 0.950. The van der Waals surface area contributed by atoms with Gasteiger partial charge in [-0.3, -0.25) is 0 Å². The molecular weight excluding hydrogens is 604 g/mol. The van der Waals surface area contributed by atoms with Crippen LogP contribution in [-0.4, -0.2) is 52.8 Å². The summed E-state index contributed by atoms with van der Waals surface area (Å²) in [6.45, 7) is 3.53. The van der Waals surface area contributed by atoms with Crippen molar-refractivity contribution in [3.8, 4) is 23.7 Å². The van der Waals surface area contributed by atoms with Crippen LogP contribution in [0.5, 0.6) is 0 Å². The molecule has 6 nitrogen and oxygen atoms in total. The summed E-state index contributed by atoms with van der Waals surface area (Å²) in [4.78, 5) is 25.9. The van der Waals surface area contributed by atoms with Crippen LogP contribution < -0.4 is 0 Å². The van der Waals surface area contributed by atoms with E-state index >= 15 is 0 Å². The molecule has 0 bridgehead atoms. The van der Waals surface area contributed by atoms with Gasteiger partial charge in [0.1, 0.15) is 24.4 Å². The van der Waals surface area contributed by atoms with E-state index in [9.17, 15) is 9.59 Å². The Morgan fingerprint density at radius 2 is 1.14 bits per heavy atom. The van der Waals surface area contributed by atoms with E-state index in [0.717, 1.165) is 0 Å². The summed E-state index contributed by atoms with van der Waals surface area (Å²) in [6, 6.07) is 17.4. The Balaban J connectivity index is 1.92. The minimum absolute atomic E-state index is 0.206. The lowest BCUT2D eigenvalue weighted by molar-refractivity contribution is -0.160. The molecular formula is C29H28Br2O6. The maximum absolute atomic E-state index is 13.0. The minimum Gasteiger partial charge on any atom is -0.455 e. The van der Waals surface area contributed by atoms with Gasteiger partial charge in [0.15, 0.2) is 5.79 Å². The number of ether oxygens (including phenoxy) is 4. The van der Waals surface area contributed by atoms with Gasteiger partial charge in [-0.1, -0.05) is 91.9 Å². The highest BCUT2D eigenvalue weighted by Crippen LogP contribution is 2.36. The standard InChI is InChI=1S/C29H28Br2O6/c1-29(2)36-25(23(17-9-11-19-30)34-27(32)21-13-5-3-6-14-21)26(37-29)24(18-10-12-20-31)35-28(33)22-15-7-4-8-16-22/h3-8,13-16,23-26H,17-20H2,1-2H3/t23-,24-,25+,26+/m0/s1. The minimum atomic E-state index is -1.02. The van der Waals surface area contributed by atoms with Crippen LogP contribution in [0.2, 0.25) is 0 Å². The van der Waals surface area contributed by atoms with Gasteiger partial charge in [0, 0.05) is 12.8 Å². The van der Waals surface area contributed by atoms with Crippen LogP contribution in [0.3, 0.4) is 0 Å². The molecule has 2 aromatic rings. The largest absolute Gasteiger partial charge is 0.455 e. The Bertz CT molecular complexity index is 1070. The predicted octanol–water partition coefficient (Wildman–Crippen LogP) is 5.53. The van der Waals surface area contributed by atoms with Crippen molar-refractivity contribution >= 4 is 43.8 Å². The van der Waals surface area contributed by atoms with Crippen molar-refractivity contribution in [2.45, 2.75) is 56.9 Å². The fraction of sp³-hybridized carbons (Fsp3) is 0.379. The van der Waals surface area contributed by atoms with Gasteiger partial charge in [-0.15, -0.1) is 0 Å². The molecule has 1 fully saturated rings. The zero-order valence-corrected chi connectivity index (χ0v) is 23.8. The molecule has 0 N–H and O–H groups in total. The summed E-state index contributed by atoms with van der Waals surface area (Å²) in [5.41, 5.74) is 0.817. The molecule has 4 atom stereocenters. The first-order valence-electron chi connectivity index (χ1n) is 11.8. The molecule has 8 heteroatoms. The lowest BCUT2D eigenvalue weighted by atomic mass is 9.98. The van der Waals surface area contributed by atoms with E-state index in [-0.39, 0.29) is 12.8 Å². The van der Waals surface area contributed by atoms with Crippen LogP contribution in [0.1, 0.15) is 47.4 Å². The first-order valence-corrected chi connectivity index (χ1v) is 14.0. The summed E-state index contributed by atoms with van der Waals surface area (Å²) in [7, 11) is 0. The van der Waals surface area contributed by atoms with Crippen LogP contribution in [-0.2, 0) is 18.9 Å². The number of hydrogen-bond acceptors (Lipinski definition) is 6. The van der Waals surface area contributed by atoms with Gasteiger partial charge in [0.05, 0.1) is 21.8 Å². The molecule has 194 valence electrons. The smallest absolute Gasteiger partial charge is 0.338 e. The SMILES string of the molecule is CC1(C)O[C@H]([C@H](CC#CCBr)OC(=O)c2ccccc2)[C@@H]([C@H](CC#CCBr)OC(=O)c2ccccc2)O1. The van der Waals surface area contributed by atoms with Gasteiger partial charge in [-0.05, 0) is 38.1 Å². The number of benzene rings is 2. The van der Waals surface area contributed by atoms with Crippen LogP contribution in [0.15, 0.2) is 60.7 Å². The van der Waals surface area contributed by atoms with E-state index in [0.29, 0.717) is 21.8 Å². The molecule has 0 radical (unpaired) electrons. The lowest BCUT2D eigenvalue weighted by Crippen LogP contribution is -2.45. The van der Waals surface area contributed by atoms with Gasteiger partial charge < -0.3 is 18.9 Å². The average Bonchev–Trinajstić information content (AvgIpc) is 3.23. The fourth-order valence-electron chi connectivity index (χ4n) is 3.84. The zero-order chi connectivity index (χ0) is 26.7. The highest BCUT2D eigenvalue weighted by molar-refractivity contribution is 9.09. The zero-order valence-electron chi connectivity index (χ0n) is 20.6. The fourth-order valence-corrected chi connectivity index (χ4v) is 4.24. The number of carbonyl (C=O) groups excluding carboxylic acids is 2. The number of hydrogen-bond donors (Lipinski definition) is 0. The molecule has 0 unspecified atom stereocenters. The molecule has 2 aromatic carbocycles. The number of esters is 2. The Labute approximate surface area is 234 Å². The maximum atomic E-state index is 13.0. The first kappa shape index (κ1) is 28.9. The molecule has 37 heavy (non-hydrogen) atoms. The number of rotatable bonds is 8. The molecule has 3 rings (SSSR count). The lowest BCUT2D eigenvalue weighted by Gasteiger charge is -2.29. The molecule has 0 amide bonds. The Hall–Kier alpha value is -2.62. The summed E-state index contributed by atoms with van der Waals surface area (Å²) >= 11 is 6.59. The molecule has 1 saturated heterocycles. The van der Waals surface area contributed by atoms with E-state index in [1.807, 2.05) is 12.1 Å². The molecule has 0 saturated carbocycles. The summed E-state index contributed by atoms with van der Waals surface area (Å²) < 4.78 is 24.3. The van der Waals surface area contributed by atoms with Crippen LogP contribution in [0, 0.1) is 23.7 Å². The topological polar surface area (TPSA) is 71.1 Å². The highest BCUT2D eigenvalue weighted by Gasteiger charge is 2.50. The van der Waals surface area contributed by atoms with Crippen molar-refractivity contribution in [1.29, 1.82) is 0 Å². The third-order valence-electron chi connectivity index (χ3n) is 5.42. The number of halogens is 2. The van der Waals surface area contributed by atoms with Gasteiger partial charge in [0.25, 0.3) is 0 Å². The van der Waals surface area contributed by atoms with Crippen molar-refractivity contribution in [2.24, 2.45) is 0 Å². The summed E-state index contributed by atoms with van der Waals surface area (Å²) in [5.74, 6) is 9.90.